The van der Waals surface area contributed by atoms with Gasteiger partial charge in [0.15, 0.2) is 0 Å². The molecule has 0 nitrogen and oxygen atoms in total. The zero-order valence-corrected chi connectivity index (χ0v) is 29.5. The Hall–Kier alpha value is -2.91. The maximum absolute atomic E-state index is 4.57. The van der Waals surface area contributed by atoms with Gasteiger partial charge in [-0.25, -0.2) is 0 Å². The fourth-order valence-corrected chi connectivity index (χ4v) is 9.56. The van der Waals surface area contributed by atoms with Gasteiger partial charge in [0, 0.05) is 0 Å². The summed E-state index contributed by atoms with van der Waals surface area (Å²) in [6.07, 6.45) is 8.50. The van der Waals surface area contributed by atoms with Crippen molar-refractivity contribution in [1.82, 2.24) is 0 Å². The van der Waals surface area contributed by atoms with Gasteiger partial charge in [-0.2, -0.15) is 0 Å². The van der Waals surface area contributed by atoms with Gasteiger partial charge in [0.05, 0.1) is 0 Å². The molecule has 1 saturated carbocycles. The molecule has 0 aliphatic heterocycles. The molecule has 0 amide bonds. The first-order chi connectivity index (χ1) is 22.4. The Bertz CT molecular complexity index is 1250. The molecule has 1 fully saturated rings. The van der Waals surface area contributed by atoms with Crippen LogP contribution < -0.4 is 31.8 Å². The van der Waals surface area contributed by atoms with Crippen molar-refractivity contribution in [3.05, 3.63) is 195 Å². The van der Waals surface area contributed by atoms with Crippen LogP contribution in [0.2, 0.25) is 0 Å². The Kier molecular flexibility index (Phi) is 16.3. The zero-order valence-electron chi connectivity index (χ0n) is 25.2. The maximum Gasteiger partial charge on any atom is -0.0134 e. The maximum atomic E-state index is 4.57. The number of rotatable bonds is 6. The summed E-state index contributed by atoms with van der Waals surface area (Å²) in [4.78, 5) is 0. The van der Waals surface area contributed by atoms with Crippen LogP contribution in [0.1, 0.15) is 19.3 Å². The van der Waals surface area contributed by atoms with Gasteiger partial charge in [-0.1, -0.05) is 188 Å². The average molecular weight is 729 g/mol. The molecular weight excluding hydrogens is 691 g/mol. The molecule has 0 N–H and O–H groups in total. The van der Waals surface area contributed by atoms with Crippen molar-refractivity contribution in [2.45, 2.75) is 19.3 Å². The monoisotopic (exact) mass is 729 g/mol. The second-order valence-electron chi connectivity index (χ2n) is 10.1. The van der Waals surface area contributed by atoms with Gasteiger partial charge in [-0.15, -0.1) is 0 Å². The van der Waals surface area contributed by atoms with Gasteiger partial charge in [0.2, 0.25) is 0 Å². The van der Waals surface area contributed by atoms with Crippen LogP contribution in [0.5, 0.6) is 0 Å². The molecule has 1 aliphatic carbocycles. The molecule has 0 aromatic heterocycles. The number of halogens is 1. The molecule has 1 aliphatic rings. The second-order valence-corrected chi connectivity index (χ2v) is 14.5. The average Bonchev–Trinajstić information content (AvgIpc) is 3.74. The molecule has 7 rings (SSSR count). The molecule has 0 unspecified atom stereocenters. The molecule has 227 valence electrons. The largest absolute Gasteiger partial charge is 0.0622 e. The normalized spacial score (nSPS) is 11.7. The van der Waals surface area contributed by atoms with Crippen LogP contribution in [0.15, 0.2) is 182 Å². The van der Waals surface area contributed by atoms with E-state index in [2.05, 4.69) is 205 Å². The number of benzene rings is 6. The van der Waals surface area contributed by atoms with Crippen LogP contribution in [0.4, 0.5) is 0 Å². The van der Waals surface area contributed by atoms with E-state index >= 15 is 0 Å². The summed E-state index contributed by atoms with van der Waals surface area (Å²) < 4.78 is 0. The minimum Gasteiger partial charge on any atom is -0.0622 e. The zero-order chi connectivity index (χ0) is 31.4. The summed E-state index contributed by atoms with van der Waals surface area (Å²) >= 11 is 1.82. The van der Waals surface area contributed by atoms with Crippen molar-refractivity contribution in [3.8, 4) is 0 Å². The minimum atomic E-state index is -0.446. The van der Waals surface area contributed by atoms with E-state index in [1.807, 2.05) is 17.3 Å². The molecule has 0 spiro atoms. The Balaban J connectivity index is 0.000000169. The van der Waals surface area contributed by atoms with Gasteiger partial charge >= 0.3 is 27.0 Å². The van der Waals surface area contributed by atoms with Crippen molar-refractivity contribution in [2.75, 3.05) is 0 Å². The van der Waals surface area contributed by atoms with Crippen LogP contribution in [0.3, 0.4) is 0 Å². The SMILES string of the molecule is [CH]1[CH]CCC1.[Cl][Ru].c1ccc(P(c2ccccc2)c2ccccc2)cc1.c1ccc(P(c2ccccc2)c2ccccc2)cc1. The summed E-state index contributed by atoms with van der Waals surface area (Å²) in [5, 5.41) is 8.39. The second kappa shape index (κ2) is 21.0. The van der Waals surface area contributed by atoms with Gasteiger partial charge in [-0.3, -0.25) is 0 Å². The summed E-state index contributed by atoms with van der Waals surface area (Å²) in [7, 11) is 3.68. The van der Waals surface area contributed by atoms with E-state index in [4.69, 9.17) is 0 Å². The summed E-state index contributed by atoms with van der Waals surface area (Å²) in [5.74, 6) is 0. The molecule has 2 radical (unpaired) electrons. The molecule has 0 heterocycles. The van der Waals surface area contributed by atoms with E-state index in [1.165, 1.54) is 51.1 Å². The molecule has 6 aromatic rings. The summed E-state index contributed by atoms with van der Waals surface area (Å²) in [6.45, 7) is 0. The van der Waals surface area contributed by atoms with Gasteiger partial charge < -0.3 is 0 Å². The predicted octanol–water partition coefficient (Wildman–Crippen LogP) is 9.16. The van der Waals surface area contributed by atoms with Crippen molar-refractivity contribution in [1.29, 1.82) is 0 Å². The Morgan fingerprint density at radius 3 is 0.622 bits per heavy atom. The summed E-state index contributed by atoms with van der Waals surface area (Å²) in [5.41, 5.74) is 0. The molecule has 4 heteroatoms. The van der Waals surface area contributed by atoms with E-state index in [-0.39, 0.29) is 0 Å². The molecule has 0 atom stereocenters. The Morgan fingerprint density at radius 2 is 0.489 bits per heavy atom. The first-order valence-electron chi connectivity index (χ1n) is 15.1. The fourth-order valence-electron chi connectivity index (χ4n) is 4.95. The third kappa shape index (κ3) is 11.4. The third-order valence-electron chi connectivity index (χ3n) is 6.99. The van der Waals surface area contributed by atoms with E-state index < -0.39 is 15.8 Å². The van der Waals surface area contributed by atoms with E-state index in [0.717, 1.165) is 0 Å². The van der Waals surface area contributed by atoms with Crippen LogP contribution in [0.25, 0.3) is 0 Å². The molecule has 0 bridgehead atoms. The third-order valence-corrected chi connectivity index (χ3v) is 11.9. The van der Waals surface area contributed by atoms with Crippen molar-refractivity contribution in [3.63, 3.8) is 0 Å². The van der Waals surface area contributed by atoms with Crippen molar-refractivity contribution in [2.24, 2.45) is 0 Å². The van der Waals surface area contributed by atoms with E-state index in [9.17, 15) is 0 Å². The first-order valence-corrected chi connectivity index (χ1v) is 20.0. The molecule has 45 heavy (non-hydrogen) atoms. The van der Waals surface area contributed by atoms with Crippen LogP contribution in [0, 0.1) is 12.8 Å². The van der Waals surface area contributed by atoms with Gasteiger partial charge in [0.1, 0.15) is 0 Å². The van der Waals surface area contributed by atoms with Gasteiger partial charge in [-0.05, 0) is 73.4 Å². The van der Waals surface area contributed by atoms with E-state index in [1.54, 1.807) is 0 Å². The van der Waals surface area contributed by atoms with E-state index in [0.29, 0.717) is 0 Å². The van der Waals surface area contributed by atoms with Crippen molar-refractivity contribution < 1.29 is 17.3 Å². The fraction of sp³-hybridized carbons (Fsp3) is 0.0732. The first kappa shape index (κ1) is 35.0. The Morgan fingerprint density at radius 1 is 0.311 bits per heavy atom. The minimum absolute atomic E-state index is 0.446. The smallest absolute Gasteiger partial charge is 0.0134 e. The molecule has 6 aromatic carbocycles. The molecular formula is C41H38ClP2Ru. The van der Waals surface area contributed by atoms with Crippen LogP contribution >= 0.6 is 25.5 Å². The summed E-state index contributed by atoms with van der Waals surface area (Å²) in [6, 6.07) is 64.7. The van der Waals surface area contributed by atoms with Crippen LogP contribution in [-0.2, 0) is 17.3 Å². The topological polar surface area (TPSA) is 0 Å². The standard InChI is InChI=1S/2C18H15P.C5H8.ClH.Ru/c2*1-4-10-16(11-5-1)19(17-12-6-2-7-13-17)18-14-8-3-9-15-18;1-2-4-5-3-1;;/h2*1-15H;1-2H,3-5H2;1H;/q;;;;+1/p-1. The Labute approximate surface area is 287 Å². The number of hydrogen-bond donors (Lipinski definition) is 0. The van der Waals surface area contributed by atoms with Crippen LogP contribution in [-0.4, -0.2) is 0 Å². The van der Waals surface area contributed by atoms with Gasteiger partial charge in [0.25, 0.3) is 0 Å². The number of hydrogen-bond acceptors (Lipinski definition) is 0. The molecule has 0 saturated heterocycles. The van der Waals surface area contributed by atoms with Crippen molar-refractivity contribution >= 4 is 57.4 Å². The predicted molar refractivity (Wildman–Crippen MR) is 199 cm³/mol. The quantitative estimate of drug-likeness (QED) is 0.119.